The first-order valence-corrected chi connectivity index (χ1v) is 6.48. The summed E-state index contributed by atoms with van der Waals surface area (Å²) in [6.07, 6.45) is 3.78. The van der Waals surface area contributed by atoms with Crippen molar-refractivity contribution in [1.29, 1.82) is 0 Å². The smallest absolute Gasteiger partial charge is 0.148 e. The Morgan fingerprint density at radius 2 is 2.19 bits per heavy atom. The first kappa shape index (κ1) is 10.4. The van der Waals surface area contributed by atoms with Crippen molar-refractivity contribution in [3.05, 3.63) is 34.5 Å². The zero-order valence-corrected chi connectivity index (χ0v) is 10.5. The third-order valence-corrected chi connectivity index (χ3v) is 4.13. The fourth-order valence-corrected chi connectivity index (χ4v) is 2.71. The van der Waals surface area contributed by atoms with Crippen LogP contribution in [0.15, 0.2) is 33.2 Å². The second-order valence-corrected chi connectivity index (χ2v) is 5.38. The third-order valence-electron chi connectivity index (χ3n) is 3.50. The molecule has 1 aromatic carbocycles. The fraction of sp³-hybridized carbons (Fsp3) is 0.385. The number of nitrogens with two attached hydrogens (primary N) is 1. The van der Waals surface area contributed by atoms with E-state index < -0.39 is 0 Å². The lowest BCUT2D eigenvalue weighted by Crippen LogP contribution is -2.26. The maximum Gasteiger partial charge on any atom is 0.148 e. The summed E-state index contributed by atoms with van der Waals surface area (Å²) in [5, 5.41) is 1.12. The molecule has 0 radical (unpaired) electrons. The molecular weight excluding hydrogens is 266 g/mol. The molecule has 0 saturated heterocycles. The number of para-hydroxylation sites is 1. The molecule has 2 nitrogen and oxygen atoms in total. The molecule has 0 amide bonds. The maximum atomic E-state index is 6.21. The van der Waals surface area contributed by atoms with Crippen molar-refractivity contribution in [2.75, 3.05) is 0 Å². The first-order valence-electron chi connectivity index (χ1n) is 5.69. The van der Waals surface area contributed by atoms with E-state index in [-0.39, 0.29) is 6.04 Å². The van der Waals surface area contributed by atoms with Crippen LogP contribution in [0.4, 0.5) is 0 Å². The highest BCUT2D eigenvalue weighted by atomic mass is 79.9. The molecule has 84 valence electrons. The fourth-order valence-electron chi connectivity index (χ4n) is 2.24. The van der Waals surface area contributed by atoms with Gasteiger partial charge in [-0.15, -0.1) is 0 Å². The van der Waals surface area contributed by atoms with Gasteiger partial charge >= 0.3 is 0 Å². The number of hydrogen-bond acceptors (Lipinski definition) is 2. The average Bonchev–Trinajstić information content (AvgIpc) is 2.60. The minimum Gasteiger partial charge on any atom is -0.458 e. The van der Waals surface area contributed by atoms with E-state index >= 15 is 0 Å². The lowest BCUT2D eigenvalue weighted by atomic mass is 9.79. The van der Waals surface area contributed by atoms with E-state index in [0.717, 1.165) is 21.2 Å². The van der Waals surface area contributed by atoms with Crippen LogP contribution in [0.25, 0.3) is 11.0 Å². The van der Waals surface area contributed by atoms with Crippen molar-refractivity contribution in [1.82, 2.24) is 0 Å². The average molecular weight is 280 g/mol. The second-order valence-electron chi connectivity index (χ2n) is 4.52. The molecular formula is C13H14BrNO. The molecule has 1 saturated carbocycles. The molecule has 16 heavy (non-hydrogen) atoms. The van der Waals surface area contributed by atoms with Crippen LogP contribution in [0.2, 0.25) is 0 Å². The summed E-state index contributed by atoms with van der Waals surface area (Å²) >= 11 is 3.49. The number of halogens is 1. The molecule has 2 aromatic rings. The van der Waals surface area contributed by atoms with Gasteiger partial charge in [-0.1, -0.05) is 18.6 Å². The molecule has 1 aliphatic carbocycles. The Morgan fingerprint density at radius 1 is 1.38 bits per heavy atom. The highest BCUT2D eigenvalue weighted by molar-refractivity contribution is 9.10. The van der Waals surface area contributed by atoms with Gasteiger partial charge in [-0.2, -0.15) is 0 Å². The Labute approximate surface area is 103 Å². The van der Waals surface area contributed by atoms with Crippen LogP contribution in [0.3, 0.4) is 0 Å². The van der Waals surface area contributed by atoms with Gasteiger partial charge in [0.1, 0.15) is 11.3 Å². The van der Waals surface area contributed by atoms with Crippen LogP contribution in [0.1, 0.15) is 31.1 Å². The van der Waals surface area contributed by atoms with Crippen LogP contribution in [0, 0.1) is 5.92 Å². The molecule has 0 spiro atoms. The van der Waals surface area contributed by atoms with Gasteiger partial charge in [0.25, 0.3) is 0 Å². The van der Waals surface area contributed by atoms with Gasteiger partial charge in [-0.25, -0.2) is 0 Å². The molecule has 1 heterocycles. The minimum atomic E-state index is 0.0630. The van der Waals surface area contributed by atoms with Crippen molar-refractivity contribution >= 4 is 26.9 Å². The highest BCUT2D eigenvalue weighted by Gasteiger charge is 2.27. The largest absolute Gasteiger partial charge is 0.458 e. The Kier molecular flexibility index (Phi) is 2.52. The quantitative estimate of drug-likeness (QED) is 0.903. The number of hydrogen-bond donors (Lipinski definition) is 1. The van der Waals surface area contributed by atoms with Gasteiger partial charge in [0, 0.05) is 5.39 Å². The van der Waals surface area contributed by atoms with Crippen molar-refractivity contribution in [2.45, 2.75) is 25.3 Å². The van der Waals surface area contributed by atoms with E-state index in [1.807, 2.05) is 12.1 Å². The summed E-state index contributed by atoms with van der Waals surface area (Å²) in [7, 11) is 0. The lowest BCUT2D eigenvalue weighted by Gasteiger charge is -2.29. The monoisotopic (exact) mass is 279 g/mol. The van der Waals surface area contributed by atoms with Crippen LogP contribution in [0.5, 0.6) is 0 Å². The van der Waals surface area contributed by atoms with E-state index in [4.69, 9.17) is 10.2 Å². The Morgan fingerprint density at radius 3 is 2.81 bits per heavy atom. The predicted octanol–water partition coefficient (Wildman–Crippen LogP) is 4.00. The molecule has 1 aliphatic rings. The summed E-state index contributed by atoms with van der Waals surface area (Å²) in [5.74, 6) is 1.53. The van der Waals surface area contributed by atoms with Gasteiger partial charge in [0.2, 0.25) is 0 Å². The van der Waals surface area contributed by atoms with E-state index in [1.165, 1.54) is 19.3 Å². The molecule has 1 aromatic heterocycles. The van der Waals surface area contributed by atoms with Crippen molar-refractivity contribution < 1.29 is 4.42 Å². The molecule has 0 bridgehead atoms. The van der Waals surface area contributed by atoms with E-state index in [9.17, 15) is 0 Å². The minimum absolute atomic E-state index is 0.0630. The van der Waals surface area contributed by atoms with E-state index in [2.05, 4.69) is 28.1 Å². The van der Waals surface area contributed by atoms with Crippen molar-refractivity contribution in [3.8, 4) is 0 Å². The summed E-state index contributed by atoms with van der Waals surface area (Å²) in [5.41, 5.74) is 7.11. The third kappa shape index (κ3) is 1.59. The Hall–Kier alpha value is -0.800. The van der Waals surface area contributed by atoms with Gasteiger partial charge in [0.15, 0.2) is 0 Å². The topological polar surface area (TPSA) is 39.2 Å². The van der Waals surface area contributed by atoms with Gasteiger partial charge in [-0.3, -0.25) is 0 Å². The Bertz CT molecular complexity index is 516. The van der Waals surface area contributed by atoms with Gasteiger partial charge < -0.3 is 10.2 Å². The molecule has 1 unspecified atom stereocenters. The SMILES string of the molecule is NC(c1cc2cccc(Br)c2o1)C1CCC1. The van der Waals surface area contributed by atoms with E-state index in [0.29, 0.717) is 5.92 Å². The van der Waals surface area contributed by atoms with Crippen LogP contribution < -0.4 is 5.73 Å². The van der Waals surface area contributed by atoms with Crippen LogP contribution >= 0.6 is 15.9 Å². The molecule has 0 aliphatic heterocycles. The second kappa shape index (κ2) is 3.90. The number of benzene rings is 1. The molecule has 1 fully saturated rings. The van der Waals surface area contributed by atoms with Gasteiger partial charge in [0.05, 0.1) is 10.5 Å². The zero-order chi connectivity index (χ0) is 11.1. The van der Waals surface area contributed by atoms with Crippen LogP contribution in [-0.4, -0.2) is 0 Å². The summed E-state index contributed by atoms with van der Waals surface area (Å²) < 4.78 is 6.84. The van der Waals surface area contributed by atoms with E-state index in [1.54, 1.807) is 0 Å². The summed E-state index contributed by atoms with van der Waals surface area (Å²) in [6.45, 7) is 0. The predicted molar refractivity (Wildman–Crippen MR) is 68.2 cm³/mol. The molecule has 1 atom stereocenters. The highest BCUT2D eigenvalue weighted by Crippen LogP contribution is 2.38. The molecule has 3 heteroatoms. The normalized spacial score (nSPS) is 18.6. The summed E-state index contributed by atoms with van der Waals surface area (Å²) in [6, 6.07) is 8.20. The molecule has 3 rings (SSSR count). The number of furan rings is 1. The summed E-state index contributed by atoms with van der Waals surface area (Å²) in [4.78, 5) is 0. The molecule has 2 N–H and O–H groups in total. The lowest BCUT2D eigenvalue weighted by molar-refractivity contribution is 0.244. The maximum absolute atomic E-state index is 6.21. The standard InChI is InChI=1S/C13H14BrNO/c14-10-6-2-5-9-7-11(16-13(9)10)12(15)8-3-1-4-8/h2,5-8,12H,1,3-4,15H2. The first-order chi connectivity index (χ1) is 7.75. The zero-order valence-electron chi connectivity index (χ0n) is 8.95. The van der Waals surface area contributed by atoms with Crippen molar-refractivity contribution in [3.63, 3.8) is 0 Å². The van der Waals surface area contributed by atoms with Crippen molar-refractivity contribution in [2.24, 2.45) is 11.7 Å². The number of rotatable bonds is 2. The number of fused-ring (bicyclic) bond motifs is 1. The van der Waals surface area contributed by atoms with Crippen LogP contribution in [-0.2, 0) is 0 Å². The Balaban J connectivity index is 2.01. The van der Waals surface area contributed by atoms with Gasteiger partial charge in [-0.05, 0) is 46.8 Å².